The SMILES string of the molecule is COC(=O)c1cccc(C(C)=NOCC(F)(F)F)c1. The van der Waals surface area contributed by atoms with Crippen molar-refractivity contribution in [2.75, 3.05) is 13.7 Å². The lowest BCUT2D eigenvalue weighted by Crippen LogP contribution is -2.15. The van der Waals surface area contributed by atoms with Gasteiger partial charge in [0.05, 0.1) is 18.4 Å². The van der Waals surface area contributed by atoms with Crippen molar-refractivity contribution in [1.29, 1.82) is 0 Å². The zero-order valence-electron chi connectivity index (χ0n) is 10.3. The molecule has 0 aliphatic heterocycles. The van der Waals surface area contributed by atoms with Crippen LogP contribution in [0.15, 0.2) is 29.4 Å². The topological polar surface area (TPSA) is 47.9 Å². The number of halogens is 3. The van der Waals surface area contributed by atoms with Crippen LogP contribution in [-0.2, 0) is 9.57 Å². The van der Waals surface area contributed by atoms with Gasteiger partial charge in [-0.25, -0.2) is 4.79 Å². The molecule has 7 heteroatoms. The minimum Gasteiger partial charge on any atom is -0.465 e. The van der Waals surface area contributed by atoms with Crippen LogP contribution in [0.25, 0.3) is 0 Å². The van der Waals surface area contributed by atoms with E-state index in [-0.39, 0.29) is 11.3 Å². The Morgan fingerprint density at radius 3 is 2.53 bits per heavy atom. The Balaban J connectivity index is 2.79. The summed E-state index contributed by atoms with van der Waals surface area (Å²) in [4.78, 5) is 15.5. The van der Waals surface area contributed by atoms with Gasteiger partial charge in [-0.2, -0.15) is 13.2 Å². The Morgan fingerprint density at radius 2 is 1.95 bits per heavy atom. The minimum absolute atomic E-state index is 0.231. The third-order valence-corrected chi connectivity index (χ3v) is 2.13. The van der Waals surface area contributed by atoms with Gasteiger partial charge in [0.2, 0.25) is 6.61 Å². The Labute approximate surface area is 107 Å². The van der Waals surface area contributed by atoms with Gasteiger partial charge in [0.25, 0.3) is 0 Å². The highest BCUT2D eigenvalue weighted by atomic mass is 19.4. The third kappa shape index (κ3) is 4.99. The molecule has 0 spiro atoms. The van der Waals surface area contributed by atoms with E-state index in [2.05, 4.69) is 14.7 Å². The Bertz CT molecular complexity index is 483. The number of esters is 1. The number of benzene rings is 1. The van der Waals surface area contributed by atoms with Crippen LogP contribution in [0.4, 0.5) is 13.2 Å². The summed E-state index contributed by atoms with van der Waals surface area (Å²) in [6, 6.07) is 6.16. The first-order valence-electron chi connectivity index (χ1n) is 5.25. The molecule has 0 saturated heterocycles. The fourth-order valence-corrected chi connectivity index (χ4v) is 1.24. The van der Waals surface area contributed by atoms with Crippen LogP contribution in [0, 0.1) is 0 Å². The van der Waals surface area contributed by atoms with Crippen molar-refractivity contribution in [3.8, 4) is 0 Å². The molecule has 4 nitrogen and oxygen atoms in total. The van der Waals surface area contributed by atoms with Gasteiger partial charge in [-0.15, -0.1) is 0 Å². The number of carbonyl (C=O) groups is 1. The second-order valence-corrected chi connectivity index (χ2v) is 3.64. The molecule has 0 heterocycles. The van der Waals surface area contributed by atoms with E-state index in [4.69, 9.17) is 0 Å². The number of oxime groups is 1. The molecule has 0 aliphatic carbocycles. The smallest absolute Gasteiger partial charge is 0.425 e. The fourth-order valence-electron chi connectivity index (χ4n) is 1.24. The molecule has 0 aromatic heterocycles. The summed E-state index contributed by atoms with van der Waals surface area (Å²) in [7, 11) is 1.24. The molecule has 1 rings (SSSR count). The normalized spacial score (nSPS) is 12.2. The van der Waals surface area contributed by atoms with E-state index in [1.165, 1.54) is 26.2 Å². The lowest BCUT2D eigenvalue weighted by Gasteiger charge is -2.06. The van der Waals surface area contributed by atoms with Gasteiger partial charge in [-0.05, 0) is 24.6 Å². The van der Waals surface area contributed by atoms with Gasteiger partial charge in [0, 0.05) is 0 Å². The summed E-state index contributed by atoms with van der Waals surface area (Å²) in [5.74, 6) is -0.536. The maximum absolute atomic E-state index is 11.9. The summed E-state index contributed by atoms with van der Waals surface area (Å²) in [5.41, 5.74) is 0.991. The third-order valence-electron chi connectivity index (χ3n) is 2.13. The average Bonchev–Trinajstić information content (AvgIpc) is 2.36. The zero-order chi connectivity index (χ0) is 14.5. The van der Waals surface area contributed by atoms with Crippen LogP contribution in [0.3, 0.4) is 0 Å². The molecule has 19 heavy (non-hydrogen) atoms. The highest BCUT2D eigenvalue weighted by molar-refractivity contribution is 6.00. The van der Waals surface area contributed by atoms with Crippen LogP contribution in [0.2, 0.25) is 0 Å². The summed E-state index contributed by atoms with van der Waals surface area (Å²) in [5, 5.41) is 3.35. The lowest BCUT2D eigenvalue weighted by atomic mass is 10.1. The second kappa shape index (κ2) is 6.21. The molecular weight excluding hydrogens is 263 g/mol. The van der Waals surface area contributed by atoms with Crippen molar-refractivity contribution in [1.82, 2.24) is 0 Å². The van der Waals surface area contributed by atoms with Gasteiger partial charge >= 0.3 is 12.1 Å². The first-order chi connectivity index (χ1) is 8.83. The molecule has 0 N–H and O–H groups in total. The number of methoxy groups -OCH3 is 1. The molecule has 0 radical (unpaired) electrons. The Kier molecular flexibility index (Phi) is 4.91. The van der Waals surface area contributed by atoms with E-state index in [0.717, 1.165) is 0 Å². The van der Waals surface area contributed by atoms with Gasteiger partial charge in [0.15, 0.2) is 0 Å². The zero-order valence-corrected chi connectivity index (χ0v) is 10.3. The van der Waals surface area contributed by atoms with Crippen molar-refractivity contribution in [2.45, 2.75) is 13.1 Å². The van der Waals surface area contributed by atoms with Crippen LogP contribution in [0.1, 0.15) is 22.8 Å². The molecule has 0 aliphatic rings. The maximum atomic E-state index is 11.9. The first kappa shape index (κ1) is 15.0. The summed E-state index contributed by atoms with van der Waals surface area (Å²) in [6.45, 7) is 0.0216. The van der Waals surface area contributed by atoms with Crippen molar-refractivity contribution in [3.63, 3.8) is 0 Å². The van der Waals surface area contributed by atoms with Crippen LogP contribution < -0.4 is 0 Å². The largest absolute Gasteiger partial charge is 0.465 e. The van der Waals surface area contributed by atoms with E-state index < -0.39 is 18.8 Å². The van der Waals surface area contributed by atoms with Crippen molar-refractivity contribution >= 4 is 11.7 Å². The predicted octanol–water partition coefficient (Wildman–Crippen LogP) is 2.78. The number of alkyl halides is 3. The van der Waals surface area contributed by atoms with E-state index in [0.29, 0.717) is 5.56 Å². The second-order valence-electron chi connectivity index (χ2n) is 3.64. The molecule has 0 fully saturated rings. The summed E-state index contributed by atoms with van der Waals surface area (Å²) in [6.07, 6.45) is -4.43. The first-order valence-corrected chi connectivity index (χ1v) is 5.25. The van der Waals surface area contributed by atoms with Crippen LogP contribution in [0.5, 0.6) is 0 Å². The summed E-state index contributed by atoms with van der Waals surface area (Å²) < 4.78 is 40.1. The number of hydrogen-bond acceptors (Lipinski definition) is 4. The van der Waals surface area contributed by atoms with E-state index in [1.807, 2.05) is 0 Å². The predicted molar refractivity (Wildman–Crippen MR) is 62.0 cm³/mol. The van der Waals surface area contributed by atoms with Gasteiger partial charge in [-0.1, -0.05) is 17.3 Å². The number of ether oxygens (including phenoxy) is 1. The van der Waals surface area contributed by atoms with Gasteiger partial charge < -0.3 is 9.57 Å². The standard InChI is InChI=1S/C12H12F3NO3/c1-8(16-19-7-12(13,14)15)9-4-3-5-10(6-9)11(17)18-2/h3-6H,7H2,1-2H3. The van der Waals surface area contributed by atoms with Crippen LogP contribution in [-0.4, -0.2) is 31.6 Å². The number of rotatable bonds is 4. The molecule has 0 saturated carbocycles. The number of carbonyl (C=O) groups excluding carboxylic acids is 1. The Morgan fingerprint density at radius 1 is 1.32 bits per heavy atom. The van der Waals surface area contributed by atoms with Crippen LogP contribution >= 0.6 is 0 Å². The molecular formula is C12H12F3NO3. The molecule has 1 aromatic carbocycles. The lowest BCUT2D eigenvalue weighted by molar-refractivity contribution is -0.173. The fraction of sp³-hybridized carbons (Fsp3) is 0.333. The molecule has 0 atom stereocenters. The molecule has 0 unspecified atom stereocenters. The quantitative estimate of drug-likeness (QED) is 0.482. The Hall–Kier alpha value is -2.05. The highest BCUT2D eigenvalue weighted by Gasteiger charge is 2.28. The monoisotopic (exact) mass is 275 g/mol. The van der Waals surface area contributed by atoms with Crippen molar-refractivity contribution in [2.24, 2.45) is 5.16 Å². The molecule has 104 valence electrons. The van der Waals surface area contributed by atoms with Crippen molar-refractivity contribution in [3.05, 3.63) is 35.4 Å². The minimum atomic E-state index is -4.43. The van der Waals surface area contributed by atoms with Gasteiger partial charge in [-0.3, -0.25) is 0 Å². The van der Waals surface area contributed by atoms with E-state index in [1.54, 1.807) is 12.1 Å². The van der Waals surface area contributed by atoms with Gasteiger partial charge in [0.1, 0.15) is 0 Å². The average molecular weight is 275 g/mol. The number of hydrogen-bond donors (Lipinski definition) is 0. The van der Waals surface area contributed by atoms with Crippen molar-refractivity contribution < 1.29 is 27.5 Å². The summed E-state index contributed by atoms with van der Waals surface area (Å²) >= 11 is 0. The van der Waals surface area contributed by atoms with E-state index >= 15 is 0 Å². The maximum Gasteiger partial charge on any atom is 0.425 e. The molecule has 0 bridgehead atoms. The van der Waals surface area contributed by atoms with E-state index in [9.17, 15) is 18.0 Å². The highest BCUT2D eigenvalue weighted by Crippen LogP contribution is 2.15. The molecule has 0 amide bonds. The number of nitrogens with zero attached hydrogens (tertiary/aromatic N) is 1. The molecule has 1 aromatic rings.